The van der Waals surface area contributed by atoms with E-state index in [1.807, 2.05) is 0 Å². The lowest BCUT2D eigenvalue weighted by Gasteiger charge is -2.28. The van der Waals surface area contributed by atoms with E-state index < -0.39 is 6.10 Å². The molecule has 1 fully saturated rings. The Balaban J connectivity index is 1.91. The summed E-state index contributed by atoms with van der Waals surface area (Å²) in [6, 6.07) is 6.00. The highest BCUT2D eigenvalue weighted by molar-refractivity contribution is 5.18. The Morgan fingerprint density at radius 1 is 1.25 bits per heavy atom. The molecule has 0 aromatic heterocycles. The van der Waals surface area contributed by atoms with Gasteiger partial charge in [-0.3, -0.25) is 4.90 Å². The summed E-state index contributed by atoms with van der Waals surface area (Å²) in [6.07, 6.45) is -0.557. The molecule has 0 amide bonds. The largest absolute Gasteiger partial charge is 0.387 e. The molecule has 1 saturated heterocycles. The van der Waals surface area contributed by atoms with Crippen LogP contribution in [-0.4, -0.2) is 42.9 Å². The van der Waals surface area contributed by atoms with Crippen molar-refractivity contribution in [3.05, 3.63) is 35.6 Å². The summed E-state index contributed by atoms with van der Waals surface area (Å²) in [7, 11) is 0. The van der Waals surface area contributed by atoms with E-state index in [1.54, 1.807) is 12.1 Å². The van der Waals surface area contributed by atoms with Crippen LogP contribution in [0.15, 0.2) is 24.3 Å². The molecule has 88 valence electrons. The molecule has 0 unspecified atom stereocenters. The van der Waals surface area contributed by atoms with Crippen LogP contribution in [0.1, 0.15) is 11.7 Å². The SMILES string of the molecule is O[C@@H](CN1CCOCC1)c1ccc(F)cc1. The molecule has 1 aromatic rings. The van der Waals surface area contributed by atoms with Gasteiger partial charge < -0.3 is 9.84 Å². The van der Waals surface area contributed by atoms with Crippen LogP contribution in [0, 0.1) is 5.82 Å². The van der Waals surface area contributed by atoms with Gasteiger partial charge in [-0.25, -0.2) is 4.39 Å². The molecule has 0 radical (unpaired) electrons. The first-order valence-electron chi connectivity index (χ1n) is 5.49. The molecule has 3 nitrogen and oxygen atoms in total. The highest BCUT2D eigenvalue weighted by atomic mass is 19.1. The molecule has 1 atom stereocenters. The second kappa shape index (κ2) is 5.39. The summed E-state index contributed by atoms with van der Waals surface area (Å²) < 4.78 is 17.9. The van der Waals surface area contributed by atoms with E-state index in [0.717, 1.165) is 31.9 Å². The van der Waals surface area contributed by atoms with Crippen LogP contribution in [0.4, 0.5) is 4.39 Å². The average Bonchev–Trinajstić information content (AvgIpc) is 2.31. The molecule has 4 heteroatoms. The van der Waals surface area contributed by atoms with Crippen molar-refractivity contribution in [2.45, 2.75) is 6.10 Å². The molecule has 1 N–H and O–H groups in total. The number of aliphatic hydroxyl groups excluding tert-OH is 1. The fourth-order valence-corrected chi connectivity index (χ4v) is 1.82. The first kappa shape index (κ1) is 11.5. The number of ether oxygens (including phenoxy) is 1. The summed E-state index contributed by atoms with van der Waals surface area (Å²) in [5.74, 6) is -0.276. The van der Waals surface area contributed by atoms with Gasteiger partial charge in [-0.05, 0) is 17.7 Å². The number of β-amino-alcohol motifs (C(OH)–C–C–N with tert-alkyl or cyclic N) is 1. The van der Waals surface area contributed by atoms with Crippen LogP contribution >= 0.6 is 0 Å². The third-order valence-corrected chi connectivity index (χ3v) is 2.79. The highest BCUT2D eigenvalue weighted by Crippen LogP contribution is 2.15. The number of halogens is 1. The van der Waals surface area contributed by atoms with Crippen LogP contribution in [0.3, 0.4) is 0 Å². The van der Waals surface area contributed by atoms with Crippen LogP contribution < -0.4 is 0 Å². The smallest absolute Gasteiger partial charge is 0.123 e. The van der Waals surface area contributed by atoms with Gasteiger partial charge in [-0.15, -0.1) is 0 Å². The number of morpholine rings is 1. The summed E-state index contributed by atoms with van der Waals surface area (Å²) >= 11 is 0. The molecule has 2 rings (SSSR count). The summed E-state index contributed by atoms with van der Waals surface area (Å²) in [4.78, 5) is 2.15. The maximum atomic E-state index is 12.7. The van der Waals surface area contributed by atoms with Gasteiger partial charge in [0.1, 0.15) is 5.82 Å². The average molecular weight is 225 g/mol. The van der Waals surface area contributed by atoms with Crippen molar-refractivity contribution in [2.75, 3.05) is 32.8 Å². The Bertz CT molecular complexity index is 322. The second-order valence-electron chi connectivity index (χ2n) is 3.98. The molecule has 1 heterocycles. The molecular formula is C12H16FNO2. The Morgan fingerprint density at radius 2 is 1.88 bits per heavy atom. The van der Waals surface area contributed by atoms with Crippen LogP contribution in [0.2, 0.25) is 0 Å². The third kappa shape index (κ3) is 3.01. The van der Waals surface area contributed by atoms with Crippen LogP contribution in [-0.2, 0) is 4.74 Å². The van der Waals surface area contributed by atoms with E-state index in [1.165, 1.54) is 12.1 Å². The fraction of sp³-hybridized carbons (Fsp3) is 0.500. The van der Waals surface area contributed by atoms with E-state index >= 15 is 0 Å². The molecule has 0 saturated carbocycles. The maximum absolute atomic E-state index is 12.7. The van der Waals surface area contributed by atoms with Crippen molar-refractivity contribution < 1.29 is 14.2 Å². The van der Waals surface area contributed by atoms with Crippen LogP contribution in [0.5, 0.6) is 0 Å². The molecular weight excluding hydrogens is 209 g/mol. The fourth-order valence-electron chi connectivity index (χ4n) is 1.82. The molecule has 0 spiro atoms. The van der Waals surface area contributed by atoms with E-state index in [9.17, 15) is 9.50 Å². The molecule has 0 aliphatic carbocycles. The van der Waals surface area contributed by atoms with Crippen molar-refractivity contribution in [2.24, 2.45) is 0 Å². The van der Waals surface area contributed by atoms with Crippen LogP contribution in [0.25, 0.3) is 0 Å². The van der Waals surface area contributed by atoms with E-state index in [0.29, 0.717) is 6.54 Å². The zero-order valence-electron chi connectivity index (χ0n) is 9.10. The Labute approximate surface area is 94.4 Å². The van der Waals surface area contributed by atoms with Crippen molar-refractivity contribution in [3.63, 3.8) is 0 Å². The van der Waals surface area contributed by atoms with E-state index in [-0.39, 0.29) is 5.82 Å². The minimum absolute atomic E-state index is 0.276. The molecule has 1 aliphatic heterocycles. The summed E-state index contributed by atoms with van der Waals surface area (Å²) in [5, 5.41) is 9.96. The number of benzene rings is 1. The first-order valence-corrected chi connectivity index (χ1v) is 5.49. The second-order valence-corrected chi connectivity index (χ2v) is 3.98. The quantitative estimate of drug-likeness (QED) is 0.838. The Kier molecular flexibility index (Phi) is 3.88. The first-order chi connectivity index (χ1) is 7.75. The molecule has 16 heavy (non-hydrogen) atoms. The van der Waals surface area contributed by atoms with Gasteiger partial charge in [-0.2, -0.15) is 0 Å². The molecule has 1 aromatic carbocycles. The third-order valence-electron chi connectivity index (χ3n) is 2.79. The standard InChI is InChI=1S/C12H16FNO2/c13-11-3-1-10(2-4-11)12(15)9-14-5-7-16-8-6-14/h1-4,12,15H,5-9H2/t12-/m0/s1. The minimum atomic E-state index is -0.557. The lowest BCUT2D eigenvalue weighted by molar-refractivity contribution is 0.0143. The number of hydrogen-bond acceptors (Lipinski definition) is 3. The highest BCUT2D eigenvalue weighted by Gasteiger charge is 2.15. The van der Waals surface area contributed by atoms with Crippen molar-refractivity contribution in [3.8, 4) is 0 Å². The van der Waals surface area contributed by atoms with Gasteiger partial charge in [-0.1, -0.05) is 12.1 Å². The van der Waals surface area contributed by atoms with Crippen molar-refractivity contribution in [1.82, 2.24) is 4.90 Å². The summed E-state index contributed by atoms with van der Waals surface area (Å²) in [6.45, 7) is 3.71. The zero-order chi connectivity index (χ0) is 11.4. The van der Waals surface area contributed by atoms with Gasteiger partial charge in [0.05, 0.1) is 19.3 Å². The molecule has 0 bridgehead atoms. The van der Waals surface area contributed by atoms with Crippen molar-refractivity contribution in [1.29, 1.82) is 0 Å². The predicted molar refractivity (Wildman–Crippen MR) is 58.6 cm³/mol. The Hall–Kier alpha value is -0.970. The van der Waals surface area contributed by atoms with Crippen molar-refractivity contribution >= 4 is 0 Å². The van der Waals surface area contributed by atoms with Gasteiger partial charge in [0.25, 0.3) is 0 Å². The normalized spacial score (nSPS) is 19.6. The minimum Gasteiger partial charge on any atom is -0.387 e. The number of hydrogen-bond donors (Lipinski definition) is 1. The Morgan fingerprint density at radius 3 is 2.50 bits per heavy atom. The number of aliphatic hydroxyl groups is 1. The summed E-state index contributed by atoms with van der Waals surface area (Å²) in [5.41, 5.74) is 0.757. The zero-order valence-corrected chi connectivity index (χ0v) is 9.10. The topological polar surface area (TPSA) is 32.7 Å². The number of rotatable bonds is 3. The predicted octanol–water partition coefficient (Wildman–Crippen LogP) is 1.19. The van der Waals surface area contributed by atoms with E-state index in [4.69, 9.17) is 4.74 Å². The van der Waals surface area contributed by atoms with Gasteiger partial charge in [0.2, 0.25) is 0 Å². The van der Waals surface area contributed by atoms with E-state index in [2.05, 4.69) is 4.90 Å². The van der Waals surface area contributed by atoms with Gasteiger partial charge >= 0.3 is 0 Å². The lowest BCUT2D eigenvalue weighted by Crippen LogP contribution is -2.38. The maximum Gasteiger partial charge on any atom is 0.123 e. The van der Waals surface area contributed by atoms with Gasteiger partial charge in [0, 0.05) is 19.6 Å². The van der Waals surface area contributed by atoms with Gasteiger partial charge in [0.15, 0.2) is 0 Å². The monoisotopic (exact) mass is 225 g/mol. The lowest BCUT2D eigenvalue weighted by atomic mass is 10.1. The molecule has 1 aliphatic rings. The number of nitrogens with zero attached hydrogens (tertiary/aromatic N) is 1.